The summed E-state index contributed by atoms with van der Waals surface area (Å²) in [6.45, 7) is 3.34. The van der Waals surface area contributed by atoms with Crippen LogP contribution in [0.3, 0.4) is 0 Å². The Balaban J connectivity index is 0.000000362. The van der Waals surface area contributed by atoms with Crippen molar-refractivity contribution in [2.75, 3.05) is 30.8 Å². The molecule has 2 aromatic heterocycles. The molecular formula is C17H20F7N7O4. The van der Waals surface area contributed by atoms with Crippen LogP contribution in [0.1, 0.15) is 12.1 Å². The van der Waals surface area contributed by atoms with E-state index in [1.54, 1.807) is 13.0 Å². The SMILES string of the molecule is CN[C@@H]1CCN(c2cc(-c3n[nH]c(C)c3F)nc(N)n2)C1.O=C(O)C(F)(F)F.O=C(O)C(F)(F)F. The monoisotopic (exact) mass is 519 g/mol. The molecule has 0 bridgehead atoms. The third kappa shape index (κ3) is 8.87. The summed E-state index contributed by atoms with van der Waals surface area (Å²) in [5.74, 6) is -5.10. The van der Waals surface area contributed by atoms with Crippen LogP contribution in [0.5, 0.6) is 0 Å². The fraction of sp³-hybridized carbons (Fsp3) is 0.471. The van der Waals surface area contributed by atoms with Crippen molar-refractivity contribution in [1.82, 2.24) is 25.5 Å². The highest BCUT2D eigenvalue weighted by Gasteiger charge is 2.38. The second kappa shape index (κ2) is 11.6. The summed E-state index contributed by atoms with van der Waals surface area (Å²) in [6.07, 6.45) is -9.13. The van der Waals surface area contributed by atoms with Gasteiger partial charge in [-0.2, -0.15) is 36.4 Å². The fourth-order valence-electron chi connectivity index (χ4n) is 2.53. The van der Waals surface area contributed by atoms with Crippen molar-refractivity contribution in [2.45, 2.75) is 31.7 Å². The number of aryl methyl sites for hydroxylation is 1. The predicted octanol–water partition coefficient (Wildman–Crippen LogP) is 1.96. The maximum atomic E-state index is 14.0. The van der Waals surface area contributed by atoms with Crippen LogP contribution in [-0.2, 0) is 9.59 Å². The molecule has 1 fully saturated rings. The number of nitrogens with one attached hydrogen (secondary N) is 2. The maximum absolute atomic E-state index is 14.0. The zero-order valence-electron chi connectivity index (χ0n) is 18.0. The second-order valence-corrected chi connectivity index (χ2v) is 6.81. The molecule has 1 atom stereocenters. The molecular weight excluding hydrogens is 499 g/mol. The van der Waals surface area contributed by atoms with Gasteiger partial charge in [0.1, 0.15) is 17.2 Å². The van der Waals surface area contributed by atoms with Gasteiger partial charge in [-0.25, -0.2) is 19.0 Å². The molecule has 0 saturated carbocycles. The van der Waals surface area contributed by atoms with Gasteiger partial charge in [0, 0.05) is 25.2 Å². The Bertz CT molecular complexity index is 1000. The van der Waals surface area contributed by atoms with Crippen molar-refractivity contribution in [2.24, 2.45) is 0 Å². The van der Waals surface area contributed by atoms with E-state index in [1.165, 1.54) is 0 Å². The van der Waals surface area contributed by atoms with E-state index in [-0.39, 0.29) is 11.6 Å². The molecule has 1 aliphatic heterocycles. The smallest absolute Gasteiger partial charge is 0.475 e. The first-order valence-corrected chi connectivity index (χ1v) is 9.35. The molecule has 3 rings (SSSR count). The van der Waals surface area contributed by atoms with E-state index >= 15 is 0 Å². The number of aliphatic carboxylic acids is 2. The first-order chi connectivity index (χ1) is 16.0. The zero-order valence-corrected chi connectivity index (χ0v) is 18.0. The van der Waals surface area contributed by atoms with Crippen LogP contribution in [0.15, 0.2) is 6.07 Å². The number of aromatic nitrogens is 4. The highest BCUT2D eigenvalue weighted by atomic mass is 19.4. The van der Waals surface area contributed by atoms with Crippen LogP contribution in [0, 0.1) is 12.7 Å². The summed E-state index contributed by atoms with van der Waals surface area (Å²) >= 11 is 0. The third-order valence-corrected chi connectivity index (χ3v) is 4.25. The van der Waals surface area contributed by atoms with Gasteiger partial charge in [-0.3, -0.25) is 5.10 Å². The van der Waals surface area contributed by atoms with E-state index in [0.29, 0.717) is 23.2 Å². The average Bonchev–Trinajstić information content (AvgIpc) is 3.34. The normalized spacial score (nSPS) is 15.6. The van der Waals surface area contributed by atoms with Crippen LogP contribution < -0.4 is 16.0 Å². The molecule has 2 aromatic rings. The van der Waals surface area contributed by atoms with E-state index in [0.717, 1.165) is 19.5 Å². The number of nitrogens with zero attached hydrogens (tertiary/aromatic N) is 4. The van der Waals surface area contributed by atoms with E-state index in [1.807, 2.05) is 7.05 Å². The number of nitrogen functional groups attached to an aromatic ring is 1. The van der Waals surface area contributed by atoms with Gasteiger partial charge in [-0.05, 0) is 20.4 Å². The van der Waals surface area contributed by atoms with Crippen LogP contribution in [0.2, 0.25) is 0 Å². The van der Waals surface area contributed by atoms with Crippen LogP contribution in [0.4, 0.5) is 42.5 Å². The van der Waals surface area contributed by atoms with Gasteiger partial charge < -0.3 is 26.2 Å². The van der Waals surface area contributed by atoms with Crippen LogP contribution in [-0.4, -0.2) is 80.8 Å². The second-order valence-electron chi connectivity index (χ2n) is 6.81. The van der Waals surface area contributed by atoms with Gasteiger partial charge in [-0.1, -0.05) is 0 Å². The van der Waals surface area contributed by atoms with Gasteiger partial charge in [0.25, 0.3) is 0 Å². The molecule has 0 radical (unpaired) electrons. The maximum Gasteiger partial charge on any atom is 0.490 e. The van der Waals surface area contributed by atoms with Crippen molar-refractivity contribution in [1.29, 1.82) is 0 Å². The fourth-order valence-corrected chi connectivity index (χ4v) is 2.53. The van der Waals surface area contributed by atoms with E-state index in [9.17, 15) is 30.7 Å². The lowest BCUT2D eigenvalue weighted by atomic mass is 10.2. The standard InChI is InChI=1S/C13H18FN7.2C2HF3O2/c1-7-11(14)12(20-19-7)9-5-10(18-13(15)17-9)21-4-3-8(6-21)16-2;2*3-2(4,5)1(6)7/h5,8,16H,3-4,6H2,1-2H3,(H,19,20)(H2,15,17,18);2*(H,6,7)/t8-;;/m1../s1. The number of aromatic amines is 1. The van der Waals surface area contributed by atoms with Crippen LogP contribution in [0.25, 0.3) is 11.4 Å². The summed E-state index contributed by atoms with van der Waals surface area (Å²) in [5.41, 5.74) is 6.71. The van der Waals surface area contributed by atoms with Gasteiger partial charge in [0.2, 0.25) is 5.95 Å². The zero-order chi connectivity index (χ0) is 27.1. The summed E-state index contributed by atoms with van der Waals surface area (Å²) in [6, 6.07) is 2.15. The summed E-state index contributed by atoms with van der Waals surface area (Å²) in [4.78, 5) is 28.2. The minimum Gasteiger partial charge on any atom is -0.475 e. The van der Waals surface area contributed by atoms with Crippen molar-refractivity contribution >= 4 is 23.7 Å². The number of nitrogens with two attached hydrogens (primary N) is 1. The Hall–Kier alpha value is -3.70. The number of rotatable bonds is 3. The molecule has 1 aliphatic rings. The number of anilines is 2. The first-order valence-electron chi connectivity index (χ1n) is 9.35. The van der Waals surface area contributed by atoms with Gasteiger partial charge >= 0.3 is 24.3 Å². The lowest BCUT2D eigenvalue weighted by molar-refractivity contribution is -0.193. The number of halogens is 7. The van der Waals surface area contributed by atoms with Crippen molar-refractivity contribution in [3.8, 4) is 11.4 Å². The van der Waals surface area contributed by atoms with Gasteiger partial charge in [0.15, 0.2) is 5.82 Å². The minimum absolute atomic E-state index is 0.121. The van der Waals surface area contributed by atoms with E-state index in [4.69, 9.17) is 25.5 Å². The van der Waals surface area contributed by atoms with Crippen molar-refractivity contribution in [3.63, 3.8) is 0 Å². The topological polar surface area (TPSA) is 170 Å². The molecule has 11 nitrogen and oxygen atoms in total. The molecule has 0 spiro atoms. The Kier molecular flexibility index (Phi) is 9.74. The largest absolute Gasteiger partial charge is 0.490 e. The van der Waals surface area contributed by atoms with Crippen molar-refractivity contribution in [3.05, 3.63) is 17.6 Å². The first kappa shape index (κ1) is 29.3. The number of likely N-dealkylation sites (N-methyl/N-ethyl adjacent to an activating group) is 1. The number of carboxylic acid groups (broad SMARTS) is 2. The minimum atomic E-state index is -5.08. The summed E-state index contributed by atoms with van der Waals surface area (Å²) in [5, 5.41) is 24.1. The number of carboxylic acids is 2. The molecule has 0 amide bonds. The Morgan fingerprint density at radius 2 is 1.66 bits per heavy atom. The Morgan fingerprint density at radius 1 is 1.14 bits per heavy atom. The average molecular weight is 519 g/mol. The third-order valence-electron chi connectivity index (χ3n) is 4.25. The van der Waals surface area contributed by atoms with Gasteiger partial charge in [-0.15, -0.1) is 0 Å². The highest BCUT2D eigenvalue weighted by molar-refractivity contribution is 5.73. The van der Waals surface area contributed by atoms with Crippen molar-refractivity contribution < 1.29 is 50.5 Å². The number of H-pyrrole nitrogens is 1. The highest BCUT2D eigenvalue weighted by Crippen LogP contribution is 2.26. The quantitative estimate of drug-likeness (QED) is 0.378. The molecule has 196 valence electrons. The summed E-state index contributed by atoms with van der Waals surface area (Å²) in [7, 11) is 1.94. The number of alkyl halides is 6. The van der Waals surface area contributed by atoms with Gasteiger partial charge in [0.05, 0.1) is 5.69 Å². The van der Waals surface area contributed by atoms with E-state index < -0.39 is 30.1 Å². The lowest BCUT2D eigenvalue weighted by Gasteiger charge is -2.18. The van der Waals surface area contributed by atoms with E-state index in [2.05, 4.69) is 30.4 Å². The molecule has 0 aromatic carbocycles. The number of hydrogen-bond donors (Lipinski definition) is 5. The Labute approximate surface area is 192 Å². The van der Waals surface area contributed by atoms with Crippen LogP contribution >= 0.6 is 0 Å². The molecule has 0 unspecified atom stereocenters. The number of carbonyl (C=O) groups is 2. The molecule has 0 aliphatic carbocycles. The molecule has 1 saturated heterocycles. The Morgan fingerprint density at radius 3 is 2.03 bits per heavy atom. The number of hydrogen-bond acceptors (Lipinski definition) is 8. The molecule has 3 heterocycles. The molecule has 18 heteroatoms. The predicted molar refractivity (Wildman–Crippen MR) is 106 cm³/mol. The molecule has 35 heavy (non-hydrogen) atoms. The molecule has 6 N–H and O–H groups in total. The summed E-state index contributed by atoms with van der Waals surface area (Å²) < 4.78 is 77.5. The lowest BCUT2D eigenvalue weighted by Crippen LogP contribution is -2.30.